The fraction of sp³-hybridized carbons (Fsp3) is 0.667. The third kappa shape index (κ3) is 4.51. The van der Waals surface area contributed by atoms with Gasteiger partial charge in [0.1, 0.15) is 5.82 Å². The van der Waals surface area contributed by atoms with Crippen LogP contribution in [0.25, 0.3) is 0 Å². The van der Waals surface area contributed by atoms with Gasteiger partial charge >= 0.3 is 0 Å². The standard InChI is InChI=1S/C18H28FN3O/c19-18-4-2-1-3-16(18)15-21-7-5-17(6-8-21)22-11-9-20(10-12-22)13-14-23/h1-4,17,23H,5-15H2. The van der Waals surface area contributed by atoms with Gasteiger partial charge < -0.3 is 5.11 Å². The summed E-state index contributed by atoms with van der Waals surface area (Å²) in [7, 11) is 0. The molecule has 0 radical (unpaired) electrons. The molecule has 2 aliphatic rings. The lowest BCUT2D eigenvalue weighted by molar-refractivity contribution is 0.0515. The summed E-state index contributed by atoms with van der Waals surface area (Å²) < 4.78 is 13.8. The SMILES string of the molecule is OCCN1CCN(C2CCN(Cc3ccccc3F)CC2)CC1. The Morgan fingerprint density at radius 3 is 2.30 bits per heavy atom. The highest BCUT2D eigenvalue weighted by Gasteiger charge is 2.27. The van der Waals surface area contributed by atoms with Gasteiger partial charge in [-0.2, -0.15) is 0 Å². The van der Waals surface area contributed by atoms with Crippen LogP contribution in [-0.2, 0) is 6.54 Å². The minimum atomic E-state index is -0.0883. The Hall–Kier alpha value is -1.01. The molecule has 0 spiro atoms. The van der Waals surface area contributed by atoms with Gasteiger partial charge in [-0.15, -0.1) is 0 Å². The van der Waals surface area contributed by atoms with Gasteiger partial charge in [0.2, 0.25) is 0 Å². The molecule has 1 aromatic carbocycles. The van der Waals surface area contributed by atoms with E-state index in [0.717, 1.165) is 57.9 Å². The predicted octanol–water partition coefficient (Wildman–Crippen LogP) is 1.40. The van der Waals surface area contributed by atoms with Crippen molar-refractivity contribution in [3.8, 4) is 0 Å². The molecule has 2 aliphatic heterocycles. The highest BCUT2D eigenvalue weighted by molar-refractivity contribution is 5.17. The van der Waals surface area contributed by atoms with Crippen LogP contribution >= 0.6 is 0 Å². The average molecular weight is 321 g/mol. The summed E-state index contributed by atoms with van der Waals surface area (Å²) in [5.41, 5.74) is 0.809. The molecule has 2 fully saturated rings. The van der Waals surface area contributed by atoms with Crippen molar-refractivity contribution in [3.63, 3.8) is 0 Å². The molecule has 2 saturated heterocycles. The van der Waals surface area contributed by atoms with Crippen molar-refractivity contribution >= 4 is 0 Å². The van der Waals surface area contributed by atoms with Gasteiger partial charge in [-0.05, 0) is 32.0 Å². The van der Waals surface area contributed by atoms with Gasteiger partial charge in [-0.25, -0.2) is 4.39 Å². The van der Waals surface area contributed by atoms with E-state index in [9.17, 15) is 4.39 Å². The molecule has 5 heteroatoms. The first-order chi connectivity index (χ1) is 11.3. The van der Waals surface area contributed by atoms with Crippen molar-refractivity contribution in [1.82, 2.24) is 14.7 Å². The summed E-state index contributed by atoms with van der Waals surface area (Å²) in [4.78, 5) is 7.31. The predicted molar refractivity (Wildman–Crippen MR) is 89.8 cm³/mol. The Morgan fingerprint density at radius 2 is 1.65 bits per heavy atom. The molecule has 0 atom stereocenters. The van der Waals surface area contributed by atoms with Crippen LogP contribution in [0.2, 0.25) is 0 Å². The molecular formula is C18H28FN3O. The Labute approximate surface area is 138 Å². The van der Waals surface area contributed by atoms with Gasteiger partial charge in [-0.1, -0.05) is 18.2 Å². The topological polar surface area (TPSA) is 30.0 Å². The van der Waals surface area contributed by atoms with Crippen molar-refractivity contribution in [1.29, 1.82) is 0 Å². The molecule has 0 aromatic heterocycles. The molecule has 4 nitrogen and oxygen atoms in total. The summed E-state index contributed by atoms with van der Waals surface area (Å²) in [5, 5.41) is 9.02. The lowest BCUT2D eigenvalue weighted by atomic mass is 10.0. The van der Waals surface area contributed by atoms with Crippen LogP contribution in [0.5, 0.6) is 0 Å². The van der Waals surface area contributed by atoms with Crippen LogP contribution in [0.4, 0.5) is 4.39 Å². The Bertz CT molecular complexity index is 483. The van der Waals surface area contributed by atoms with E-state index in [0.29, 0.717) is 6.04 Å². The number of benzene rings is 1. The summed E-state index contributed by atoms with van der Waals surface area (Å²) in [6.07, 6.45) is 2.35. The van der Waals surface area contributed by atoms with Crippen LogP contribution in [0.1, 0.15) is 18.4 Å². The van der Waals surface area contributed by atoms with Crippen molar-refractivity contribution in [2.24, 2.45) is 0 Å². The number of halogens is 1. The number of rotatable bonds is 5. The van der Waals surface area contributed by atoms with Crippen LogP contribution in [0.15, 0.2) is 24.3 Å². The maximum absolute atomic E-state index is 13.8. The number of hydrogen-bond acceptors (Lipinski definition) is 4. The van der Waals surface area contributed by atoms with E-state index in [-0.39, 0.29) is 12.4 Å². The number of piperazine rings is 1. The highest BCUT2D eigenvalue weighted by Crippen LogP contribution is 2.20. The van der Waals surface area contributed by atoms with E-state index < -0.39 is 0 Å². The second kappa shape index (κ2) is 8.20. The summed E-state index contributed by atoms with van der Waals surface area (Å²) in [6.45, 7) is 8.24. The molecule has 23 heavy (non-hydrogen) atoms. The zero-order valence-corrected chi connectivity index (χ0v) is 13.8. The van der Waals surface area contributed by atoms with Gasteiger partial charge in [0.25, 0.3) is 0 Å². The molecule has 0 saturated carbocycles. The zero-order valence-electron chi connectivity index (χ0n) is 13.8. The van der Waals surface area contributed by atoms with E-state index in [4.69, 9.17) is 5.11 Å². The van der Waals surface area contributed by atoms with Gasteiger partial charge in [0.05, 0.1) is 6.61 Å². The van der Waals surface area contributed by atoms with E-state index in [2.05, 4.69) is 14.7 Å². The fourth-order valence-electron chi connectivity index (χ4n) is 3.80. The second-order valence-corrected chi connectivity index (χ2v) is 6.70. The van der Waals surface area contributed by atoms with E-state index in [1.54, 1.807) is 12.1 Å². The second-order valence-electron chi connectivity index (χ2n) is 6.70. The monoisotopic (exact) mass is 321 g/mol. The molecule has 1 N–H and O–H groups in total. The van der Waals surface area contributed by atoms with Crippen LogP contribution < -0.4 is 0 Å². The summed E-state index contributed by atoms with van der Waals surface area (Å²) >= 11 is 0. The number of hydrogen-bond donors (Lipinski definition) is 1. The van der Waals surface area contributed by atoms with E-state index >= 15 is 0 Å². The third-order valence-corrected chi connectivity index (χ3v) is 5.25. The smallest absolute Gasteiger partial charge is 0.127 e. The minimum absolute atomic E-state index is 0.0883. The van der Waals surface area contributed by atoms with Crippen molar-refractivity contribution in [2.75, 3.05) is 52.4 Å². The third-order valence-electron chi connectivity index (χ3n) is 5.25. The molecule has 3 rings (SSSR count). The fourth-order valence-corrected chi connectivity index (χ4v) is 3.80. The molecule has 0 unspecified atom stereocenters. The molecule has 1 aromatic rings. The van der Waals surface area contributed by atoms with E-state index in [1.165, 1.54) is 12.8 Å². The first-order valence-electron chi connectivity index (χ1n) is 8.79. The Balaban J connectivity index is 1.43. The number of piperidine rings is 1. The first-order valence-corrected chi connectivity index (χ1v) is 8.79. The minimum Gasteiger partial charge on any atom is -0.395 e. The van der Waals surface area contributed by atoms with Crippen molar-refractivity contribution < 1.29 is 9.50 Å². The van der Waals surface area contributed by atoms with Crippen molar-refractivity contribution in [2.45, 2.75) is 25.4 Å². The maximum Gasteiger partial charge on any atom is 0.127 e. The largest absolute Gasteiger partial charge is 0.395 e. The maximum atomic E-state index is 13.8. The normalized spacial score (nSPS) is 22.5. The van der Waals surface area contributed by atoms with Crippen LogP contribution in [-0.4, -0.2) is 78.3 Å². The molecule has 0 aliphatic carbocycles. The van der Waals surface area contributed by atoms with Gasteiger partial charge in [-0.3, -0.25) is 14.7 Å². The van der Waals surface area contributed by atoms with Crippen LogP contribution in [0, 0.1) is 5.82 Å². The number of likely N-dealkylation sites (tertiary alicyclic amines) is 1. The zero-order chi connectivity index (χ0) is 16.1. The van der Waals surface area contributed by atoms with Crippen LogP contribution in [0.3, 0.4) is 0 Å². The molecule has 128 valence electrons. The summed E-state index contributed by atoms with van der Waals surface area (Å²) in [6, 6.07) is 7.78. The highest BCUT2D eigenvalue weighted by atomic mass is 19.1. The molecular weight excluding hydrogens is 293 g/mol. The lowest BCUT2D eigenvalue weighted by Gasteiger charge is -2.42. The average Bonchev–Trinajstić information content (AvgIpc) is 2.59. The Morgan fingerprint density at radius 1 is 0.957 bits per heavy atom. The summed E-state index contributed by atoms with van der Waals surface area (Å²) in [5.74, 6) is -0.0883. The van der Waals surface area contributed by atoms with E-state index in [1.807, 2.05) is 12.1 Å². The molecule has 0 amide bonds. The number of aliphatic hydroxyl groups is 1. The molecule has 0 bridgehead atoms. The number of aliphatic hydroxyl groups excluding tert-OH is 1. The van der Waals surface area contributed by atoms with Gasteiger partial charge in [0.15, 0.2) is 0 Å². The molecule has 2 heterocycles. The lowest BCUT2D eigenvalue weighted by Crippen LogP contribution is -2.53. The van der Waals surface area contributed by atoms with Crippen molar-refractivity contribution in [3.05, 3.63) is 35.6 Å². The number of β-amino-alcohol motifs (C(OH)–C–C–N with tert-alkyl or cyclic N) is 1. The number of nitrogens with zero attached hydrogens (tertiary/aromatic N) is 3. The Kier molecular flexibility index (Phi) is 6.00. The van der Waals surface area contributed by atoms with Gasteiger partial charge in [0, 0.05) is 50.9 Å². The quantitative estimate of drug-likeness (QED) is 0.888. The first kappa shape index (κ1) is 16.8.